The lowest BCUT2D eigenvalue weighted by Gasteiger charge is -2.31. The van der Waals surface area contributed by atoms with Crippen LogP contribution in [-0.2, 0) is 19.6 Å². The zero-order chi connectivity index (χ0) is 22.4. The SMILES string of the molecule is COc1ccc(NC(=O)[C@H](C)NC(=O)C2CCCN(S(=O)(=O)c3ccccc3)C2)cc1. The van der Waals surface area contributed by atoms with Gasteiger partial charge in [0.15, 0.2) is 0 Å². The minimum atomic E-state index is -3.66. The minimum absolute atomic E-state index is 0.0931. The zero-order valence-electron chi connectivity index (χ0n) is 17.6. The summed E-state index contributed by atoms with van der Waals surface area (Å²) in [5.74, 6) is -0.524. The van der Waals surface area contributed by atoms with Crippen LogP contribution in [0.2, 0.25) is 0 Å². The van der Waals surface area contributed by atoms with Crippen LogP contribution in [0.15, 0.2) is 59.5 Å². The summed E-state index contributed by atoms with van der Waals surface area (Å²) in [5, 5.41) is 5.45. The average Bonchev–Trinajstić information content (AvgIpc) is 2.80. The van der Waals surface area contributed by atoms with Gasteiger partial charge in [0.2, 0.25) is 21.8 Å². The predicted molar refractivity (Wildman–Crippen MR) is 117 cm³/mol. The predicted octanol–water partition coefficient (Wildman–Crippen LogP) is 2.24. The number of ether oxygens (including phenoxy) is 1. The quantitative estimate of drug-likeness (QED) is 0.680. The van der Waals surface area contributed by atoms with Gasteiger partial charge in [0.1, 0.15) is 11.8 Å². The van der Waals surface area contributed by atoms with E-state index in [1.807, 2.05) is 0 Å². The van der Waals surface area contributed by atoms with Crippen molar-refractivity contribution in [2.75, 3.05) is 25.5 Å². The van der Waals surface area contributed by atoms with Crippen molar-refractivity contribution in [3.8, 4) is 5.75 Å². The van der Waals surface area contributed by atoms with E-state index in [9.17, 15) is 18.0 Å². The molecule has 1 heterocycles. The first kappa shape index (κ1) is 22.8. The Morgan fingerprint density at radius 1 is 1.10 bits per heavy atom. The molecule has 2 aromatic carbocycles. The van der Waals surface area contributed by atoms with E-state index in [2.05, 4.69) is 10.6 Å². The van der Waals surface area contributed by atoms with Gasteiger partial charge in [0.05, 0.1) is 17.9 Å². The third-order valence-electron chi connectivity index (χ3n) is 5.25. The Hall–Kier alpha value is -2.91. The number of hydrogen-bond acceptors (Lipinski definition) is 5. The molecule has 0 saturated carbocycles. The molecule has 0 spiro atoms. The van der Waals surface area contributed by atoms with Gasteiger partial charge in [0, 0.05) is 18.8 Å². The summed E-state index contributed by atoms with van der Waals surface area (Å²) in [6.07, 6.45) is 1.15. The van der Waals surface area contributed by atoms with Gasteiger partial charge in [0.25, 0.3) is 0 Å². The third kappa shape index (κ3) is 5.62. The van der Waals surface area contributed by atoms with Gasteiger partial charge >= 0.3 is 0 Å². The van der Waals surface area contributed by atoms with Gasteiger partial charge in [-0.25, -0.2) is 8.42 Å². The highest BCUT2D eigenvalue weighted by Gasteiger charge is 2.34. The molecule has 166 valence electrons. The first-order valence-corrected chi connectivity index (χ1v) is 11.6. The molecule has 1 unspecified atom stereocenters. The highest BCUT2D eigenvalue weighted by molar-refractivity contribution is 7.89. The van der Waals surface area contributed by atoms with Crippen molar-refractivity contribution < 1.29 is 22.7 Å². The number of anilines is 1. The van der Waals surface area contributed by atoms with Crippen LogP contribution < -0.4 is 15.4 Å². The monoisotopic (exact) mass is 445 g/mol. The summed E-state index contributed by atoms with van der Waals surface area (Å²) >= 11 is 0. The summed E-state index contributed by atoms with van der Waals surface area (Å²) in [6.45, 7) is 2.06. The normalized spacial score (nSPS) is 18.1. The molecule has 0 bridgehead atoms. The number of carbonyl (C=O) groups excluding carboxylic acids is 2. The number of benzene rings is 2. The molecule has 9 heteroatoms. The Labute approximate surface area is 182 Å². The highest BCUT2D eigenvalue weighted by atomic mass is 32.2. The molecule has 2 N–H and O–H groups in total. The number of piperidine rings is 1. The Kier molecular flexibility index (Phi) is 7.29. The van der Waals surface area contributed by atoms with E-state index < -0.39 is 22.0 Å². The van der Waals surface area contributed by atoms with E-state index in [0.29, 0.717) is 30.8 Å². The van der Waals surface area contributed by atoms with E-state index in [-0.39, 0.29) is 23.3 Å². The topological polar surface area (TPSA) is 105 Å². The fourth-order valence-electron chi connectivity index (χ4n) is 3.44. The molecule has 1 aliphatic heterocycles. The number of nitrogens with one attached hydrogen (secondary N) is 2. The fourth-order valence-corrected chi connectivity index (χ4v) is 4.98. The van der Waals surface area contributed by atoms with E-state index in [4.69, 9.17) is 4.74 Å². The average molecular weight is 446 g/mol. The number of sulfonamides is 1. The van der Waals surface area contributed by atoms with E-state index in [1.54, 1.807) is 68.6 Å². The van der Waals surface area contributed by atoms with Gasteiger partial charge in [-0.15, -0.1) is 0 Å². The molecule has 1 fully saturated rings. The second kappa shape index (κ2) is 9.93. The Morgan fingerprint density at radius 2 is 1.77 bits per heavy atom. The molecule has 0 aromatic heterocycles. The van der Waals surface area contributed by atoms with Crippen molar-refractivity contribution in [2.45, 2.75) is 30.7 Å². The smallest absolute Gasteiger partial charge is 0.246 e. The summed E-state index contributed by atoms with van der Waals surface area (Å²) in [4.78, 5) is 25.4. The summed E-state index contributed by atoms with van der Waals surface area (Å²) in [6, 6.07) is 14.3. The number of nitrogens with zero attached hydrogens (tertiary/aromatic N) is 1. The van der Waals surface area contributed by atoms with Crippen LogP contribution in [0, 0.1) is 5.92 Å². The van der Waals surface area contributed by atoms with Crippen molar-refractivity contribution in [3.63, 3.8) is 0 Å². The fraction of sp³-hybridized carbons (Fsp3) is 0.364. The standard InChI is InChI=1S/C22H27N3O5S/c1-16(21(26)24-18-10-12-19(30-2)13-11-18)23-22(27)17-7-6-14-25(15-17)31(28,29)20-8-4-3-5-9-20/h3-5,8-13,16-17H,6-7,14-15H2,1-2H3,(H,23,27)(H,24,26)/t16-,17?/m0/s1. The summed E-state index contributed by atoms with van der Waals surface area (Å²) in [5.41, 5.74) is 0.588. The maximum Gasteiger partial charge on any atom is 0.246 e. The van der Waals surface area contributed by atoms with Crippen molar-refractivity contribution in [1.82, 2.24) is 9.62 Å². The molecule has 3 rings (SSSR count). The van der Waals surface area contributed by atoms with E-state index in [1.165, 1.54) is 4.31 Å². The Morgan fingerprint density at radius 3 is 2.42 bits per heavy atom. The largest absolute Gasteiger partial charge is 0.497 e. The number of carbonyl (C=O) groups is 2. The van der Waals surface area contributed by atoms with Crippen molar-refractivity contribution >= 4 is 27.5 Å². The summed E-state index contributed by atoms with van der Waals surface area (Å²) < 4.78 is 32.1. The van der Waals surface area contributed by atoms with Crippen molar-refractivity contribution in [2.24, 2.45) is 5.92 Å². The molecule has 8 nitrogen and oxygen atoms in total. The zero-order valence-corrected chi connectivity index (χ0v) is 18.4. The molecule has 1 aliphatic rings. The van der Waals surface area contributed by atoms with Crippen LogP contribution in [0.25, 0.3) is 0 Å². The van der Waals surface area contributed by atoms with Gasteiger partial charge in [-0.05, 0) is 56.2 Å². The van der Waals surface area contributed by atoms with E-state index >= 15 is 0 Å². The van der Waals surface area contributed by atoms with Crippen LogP contribution >= 0.6 is 0 Å². The number of hydrogen-bond donors (Lipinski definition) is 2. The van der Waals surface area contributed by atoms with Crippen LogP contribution in [0.5, 0.6) is 5.75 Å². The lowest BCUT2D eigenvalue weighted by Crippen LogP contribution is -2.49. The summed E-state index contributed by atoms with van der Waals surface area (Å²) in [7, 11) is -2.10. The highest BCUT2D eigenvalue weighted by Crippen LogP contribution is 2.24. The molecule has 31 heavy (non-hydrogen) atoms. The molecule has 2 aromatic rings. The molecule has 0 aliphatic carbocycles. The second-order valence-electron chi connectivity index (χ2n) is 7.46. The Bertz CT molecular complexity index is 1010. The van der Waals surface area contributed by atoms with Gasteiger partial charge in [-0.1, -0.05) is 18.2 Å². The third-order valence-corrected chi connectivity index (χ3v) is 7.12. The number of amides is 2. The first-order valence-electron chi connectivity index (χ1n) is 10.1. The van der Waals surface area contributed by atoms with Crippen molar-refractivity contribution in [1.29, 1.82) is 0 Å². The first-order chi connectivity index (χ1) is 14.8. The van der Waals surface area contributed by atoms with Gasteiger partial charge < -0.3 is 15.4 Å². The molecule has 1 saturated heterocycles. The molecule has 0 radical (unpaired) electrons. The molecule has 2 amide bonds. The Balaban J connectivity index is 1.58. The van der Waals surface area contributed by atoms with Crippen LogP contribution in [0.1, 0.15) is 19.8 Å². The van der Waals surface area contributed by atoms with Gasteiger partial charge in [-0.2, -0.15) is 4.31 Å². The maximum atomic E-state index is 12.9. The van der Waals surface area contributed by atoms with Crippen LogP contribution in [-0.4, -0.2) is 50.8 Å². The molecule has 2 atom stereocenters. The number of methoxy groups -OCH3 is 1. The number of rotatable bonds is 7. The van der Waals surface area contributed by atoms with Crippen LogP contribution in [0.4, 0.5) is 5.69 Å². The lowest BCUT2D eigenvalue weighted by atomic mass is 9.98. The molecular weight excluding hydrogens is 418 g/mol. The van der Waals surface area contributed by atoms with Crippen molar-refractivity contribution in [3.05, 3.63) is 54.6 Å². The van der Waals surface area contributed by atoms with E-state index in [0.717, 1.165) is 0 Å². The maximum absolute atomic E-state index is 12.9. The lowest BCUT2D eigenvalue weighted by molar-refractivity contribution is -0.129. The second-order valence-corrected chi connectivity index (χ2v) is 9.40. The van der Waals surface area contributed by atoms with Gasteiger partial charge in [-0.3, -0.25) is 9.59 Å². The molecular formula is C22H27N3O5S. The van der Waals surface area contributed by atoms with Crippen LogP contribution in [0.3, 0.4) is 0 Å². The minimum Gasteiger partial charge on any atom is -0.497 e.